The molecular weight excluding hydrogens is 399 g/mol. The number of hydrogen-bond donors (Lipinski definition) is 2. The van der Waals surface area contributed by atoms with Crippen molar-refractivity contribution in [3.63, 3.8) is 0 Å². The number of rotatable bonds is 4. The lowest BCUT2D eigenvalue weighted by molar-refractivity contribution is 0.114. The average molecular weight is 422 g/mol. The molecule has 0 bridgehead atoms. The van der Waals surface area contributed by atoms with Crippen molar-refractivity contribution in [3.8, 4) is 22.5 Å². The molecule has 2 atom stereocenters. The van der Waals surface area contributed by atoms with Gasteiger partial charge in [-0.25, -0.2) is 14.4 Å². The molecule has 1 aliphatic heterocycles. The molecule has 1 aliphatic rings. The molecule has 5 rings (SSSR count). The maximum Gasteiger partial charge on any atom is 0.133 e. The van der Waals surface area contributed by atoms with E-state index < -0.39 is 6.10 Å². The van der Waals surface area contributed by atoms with Crippen LogP contribution in [0.2, 0.25) is 0 Å². The van der Waals surface area contributed by atoms with E-state index >= 15 is 0 Å². The second kappa shape index (κ2) is 7.40. The summed E-state index contributed by atoms with van der Waals surface area (Å²) in [5.41, 5.74) is 2.98. The highest BCUT2D eigenvalue weighted by atomic mass is 19.1. The Bertz CT molecular complexity index is 1250. The molecule has 0 amide bonds. The average Bonchev–Trinajstić information content (AvgIpc) is 3.45. The number of likely N-dealkylation sites (N-methyl/N-ethyl adjacent to an activating group) is 1. The van der Waals surface area contributed by atoms with Crippen LogP contribution in [0.25, 0.3) is 33.4 Å². The molecule has 2 N–H and O–H groups in total. The van der Waals surface area contributed by atoms with E-state index in [2.05, 4.69) is 25.3 Å². The van der Waals surface area contributed by atoms with Crippen LogP contribution in [0.15, 0.2) is 36.9 Å². The largest absolute Gasteiger partial charge is 0.390 e. The first kappa shape index (κ1) is 19.6. The van der Waals surface area contributed by atoms with E-state index in [0.717, 1.165) is 11.2 Å². The zero-order chi connectivity index (χ0) is 21.7. The van der Waals surface area contributed by atoms with Crippen molar-refractivity contribution in [3.05, 3.63) is 42.7 Å². The molecule has 4 aromatic rings. The molecule has 31 heavy (non-hydrogen) atoms. The minimum atomic E-state index is -0.454. The topological polar surface area (TPSA) is 99.0 Å². The van der Waals surface area contributed by atoms with Crippen molar-refractivity contribution < 1.29 is 9.50 Å². The van der Waals surface area contributed by atoms with Crippen LogP contribution in [0.1, 0.15) is 0 Å². The van der Waals surface area contributed by atoms with E-state index in [1.165, 1.54) is 12.4 Å². The van der Waals surface area contributed by atoms with Gasteiger partial charge in [0.1, 0.15) is 23.7 Å². The van der Waals surface area contributed by atoms with Gasteiger partial charge in [0.25, 0.3) is 0 Å². The Balaban J connectivity index is 1.54. The summed E-state index contributed by atoms with van der Waals surface area (Å²) in [7, 11) is 5.71. The number of aliphatic hydroxyl groups is 1. The number of aromatic nitrogens is 6. The van der Waals surface area contributed by atoms with Gasteiger partial charge in [0.05, 0.1) is 29.6 Å². The molecular formula is C21H23FN8O. The first-order valence-corrected chi connectivity index (χ1v) is 9.99. The van der Waals surface area contributed by atoms with Gasteiger partial charge < -0.3 is 14.9 Å². The number of fused-ring (bicyclic) bond motifs is 1. The summed E-state index contributed by atoms with van der Waals surface area (Å²) in [5, 5.41) is 22.6. The maximum atomic E-state index is 14.7. The first-order chi connectivity index (χ1) is 14.9. The highest BCUT2D eigenvalue weighted by molar-refractivity contribution is 5.95. The molecule has 160 valence electrons. The number of benzene rings is 1. The zero-order valence-electron chi connectivity index (χ0n) is 17.5. The fourth-order valence-corrected chi connectivity index (χ4v) is 4.13. The zero-order valence-corrected chi connectivity index (χ0v) is 17.5. The van der Waals surface area contributed by atoms with E-state index in [0.29, 0.717) is 41.1 Å². The number of anilines is 1. The maximum absolute atomic E-state index is 14.7. The molecule has 1 saturated heterocycles. The highest BCUT2D eigenvalue weighted by Crippen LogP contribution is 2.32. The SMILES string of the molecule is CN(C)[C@@H]1CN(c2cc(-c3n[nH]c4cc(F)c(-c5cnn(C)c5)cc34)ncn2)C[C@H]1O. The van der Waals surface area contributed by atoms with Crippen molar-refractivity contribution in [2.24, 2.45) is 7.05 Å². The van der Waals surface area contributed by atoms with Crippen LogP contribution in [-0.4, -0.2) is 79.3 Å². The quantitative estimate of drug-likeness (QED) is 0.516. The molecule has 0 saturated carbocycles. The van der Waals surface area contributed by atoms with Crippen LogP contribution < -0.4 is 4.90 Å². The van der Waals surface area contributed by atoms with Crippen LogP contribution in [0.3, 0.4) is 0 Å². The number of β-amino-alcohol motifs (C(OH)–C–C–N with tert-alkyl or cyclic N) is 1. The molecule has 4 heterocycles. The number of nitrogens with one attached hydrogen (secondary N) is 1. The van der Waals surface area contributed by atoms with Gasteiger partial charge in [0.15, 0.2) is 0 Å². The minimum absolute atomic E-state index is 0.0367. The summed E-state index contributed by atoms with van der Waals surface area (Å²) in [6.45, 7) is 1.17. The Morgan fingerprint density at radius 1 is 1.19 bits per heavy atom. The third kappa shape index (κ3) is 3.43. The second-order valence-corrected chi connectivity index (χ2v) is 8.12. The van der Waals surface area contributed by atoms with Crippen molar-refractivity contribution >= 4 is 16.7 Å². The molecule has 9 nitrogen and oxygen atoms in total. The fraction of sp³-hybridized carbons (Fsp3) is 0.333. The smallest absolute Gasteiger partial charge is 0.133 e. The Labute approximate surface area is 178 Å². The van der Waals surface area contributed by atoms with Gasteiger partial charge in [-0.1, -0.05) is 0 Å². The van der Waals surface area contributed by atoms with Crippen molar-refractivity contribution in [1.29, 1.82) is 0 Å². The molecule has 0 spiro atoms. The summed E-state index contributed by atoms with van der Waals surface area (Å²) in [6.07, 6.45) is 4.44. The van der Waals surface area contributed by atoms with Crippen molar-refractivity contribution in [1.82, 2.24) is 34.8 Å². The third-order valence-electron chi connectivity index (χ3n) is 5.81. The highest BCUT2D eigenvalue weighted by Gasteiger charge is 2.33. The summed E-state index contributed by atoms with van der Waals surface area (Å²) < 4.78 is 16.3. The number of H-pyrrole nitrogens is 1. The number of hydrogen-bond acceptors (Lipinski definition) is 7. The molecule has 10 heteroatoms. The first-order valence-electron chi connectivity index (χ1n) is 9.99. The molecule has 0 aliphatic carbocycles. The molecule has 0 unspecified atom stereocenters. The second-order valence-electron chi connectivity index (χ2n) is 8.12. The summed E-state index contributed by atoms with van der Waals surface area (Å²) >= 11 is 0. The Kier molecular flexibility index (Phi) is 4.67. The number of halogens is 1. The lowest BCUT2D eigenvalue weighted by atomic mass is 10.0. The third-order valence-corrected chi connectivity index (χ3v) is 5.81. The Morgan fingerprint density at radius 3 is 2.74 bits per heavy atom. The lowest BCUT2D eigenvalue weighted by Crippen LogP contribution is -2.38. The molecule has 1 aromatic carbocycles. The van der Waals surface area contributed by atoms with Crippen molar-refractivity contribution in [2.75, 3.05) is 32.1 Å². The monoisotopic (exact) mass is 422 g/mol. The van der Waals surface area contributed by atoms with Crippen LogP contribution >= 0.6 is 0 Å². The predicted octanol–water partition coefficient (Wildman–Crippen LogP) is 1.67. The van der Waals surface area contributed by atoms with Gasteiger partial charge in [0, 0.05) is 55.0 Å². The van der Waals surface area contributed by atoms with Crippen LogP contribution in [0, 0.1) is 5.82 Å². The normalized spacial score (nSPS) is 19.1. The number of aliphatic hydroxyl groups excluding tert-OH is 1. The van der Waals surface area contributed by atoms with E-state index in [9.17, 15) is 9.50 Å². The fourth-order valence-electron chi connectivity index (χ4n) is 4.13. The van der Waals surface area contributed by atoms with Crippen molar-refractivity contribution in [2.45, 2.75) is 12.1 Å². The van der Waals surface area contributed by atoms with Crippen LogP contribution in [-0.2, 0) is 7.05 Å². The number of nitrogens with zero attached hydrogens (tertiary/aromatic N) is 7. The Morgan fingerprint density at radius 2 is 2.03 bits per heavy atom. The summed E-state index contributed by atoms with van der Waals surface area (Å²) in [5.74, 6) is 0.374. The molecule has 0 radical (unpaired) electrons. The standard InChI is InChI=1S/C21H23FN8O/c1-28(2)18-9-30(10-19(18)31)20-6-17(23-11-24-20)21-14-4-13(12-7-25-29(3)8-12)15(22)5-16(14)26-27-21/h4-8,11,18-19,31H,9-10H2,1-3H3,(H,26,27)/t18-,19-/m1/s1. The predicted molar refractivity (Wildman–Crippen MR) is 115 cm³/mol. The van der Waals surface area contributed by atoms with Gasteiger partial charge in [-0.05, 0) is 20.2 Å². The minimum Gasteiger partial charge on any atom is -0.390 e. The van der Waals surface area contributed by atoms with Crippen LogP contribution in [0.4, 0.5) is 10.2 Å². The number of aryl methyl sites for hydroxylation is 1. The van der Waals surface area contributed by atoms with Gasteiger partial charge in [-0.2, -0.15) is 10.2 Å². The van der Waals surface area contributed by atoms with E-state index in [-0.39, 0.29) is 11.9 Å². The number of aromatic amines is 1. The van der Waals surface area contributed by atoms with E-state index in [1.54, 1.807) is 30.2 Å². The van der Waals surface area contributed by atoms with Crippen LogP contribution in [0.5, 0.6) is 0 Å². The van der Waals surface area contributed by atoms with Gasteiger partial charge in [0.2, 0.25) is 0 Å². The molecule has 3 aromatic heterocycles. The Hall–Kier alpha value is -3.37. The van der Waals surface area contributed by atoms with Gasteiger partial charge >= 0.3 is 0 Å². The summed E-state index contributed by atoms with van der Waals surface area (Å²) in [6, 6.07) is 5.10. The van der Waals surface area contributed by atoms with E-state index in [4.69, 9.17) is 0 Å². The van der Waals surface area contributed by atoms with Gasteiger partial charge in [-0.3, -0.25) is 9.78 Å². The van der Waals surface area contributed by atoms with Gasteiger partial charge in [-0.15, -0.1) is 0 Å². The summed E-state index contributed by atoms with van der Waals surface area (Å²) in [4.78, 5) is 12.9. The molecule has 1 fully saturated rings. The lowest BCUT2D eigenvalue weighted by Gasteiger charge is -2.21. The van der Waals surface area contributed by atoms with E-state index in [1.807, 2.05) is 30.0 Å².